The monoisotopic (exact) mass is 394 g/mol. The minimum atomic E-state index is -0.279. The summed E-state index contributed by atoms with van der Waals surface area (Å²) in [6.07, 6.45) is 3.57. The molecule has 2 aromatic rings. The predicted molar refractivity (Wildman–Crippen MR) is 112 cm³/mol. The van der Waals surface area contributed by atoms with Crippen molar-refractivity contribution in [2.75, 3.05) is 23.7 Å². The third kappa shape index (κ3) is 5.40. The lowest BCUT2D eigenvalue weighted by molar-refractivity contribution is -0.121. The standard InChI is InChI=1S/C22H26N4O3/c1-3-20(27)24-18-8-4-6-16(12-18)22(29)26-11-5-7-17(14-26)21(28)25-19-10-9-15(2)13-23-19/h4,6,8-10,12-13,17H,3,5,7,11,14H2,1-2H3,(H,24,27)(H,23,25,28). The molecule has 0 spiro atoms. The predicted octanol–water partition coefficient (Wildman–Crippen LogP) is 3.23. The summed E-state index contributed by atoms with van der Waals surface area (Å²) in [5.41, 5.74) is 2.12. The molecule has 1 atom stereocenters. The van der Waals surface area contributed by atoms with Gasteiger partial charge in [-0.15, -0.1) is 0 Å². The van der Waals surface area contributed by atoms with Gasteiger partial charge in [-0.25, -0.2) is 4.98 Å². The highest BCUT2D eigenvalue weighted by Gasteiger charge is 2.29. The first kappa shape index (κ1) is 20.5. The smallest absolute Gasteiger partial charge is 0.253 e. The Balaban J connectivity index is 1.64. The van der Waals surface area contributed by atoms with E-state index in [-0.39, 0.29) is 23.6 Å². The molecule has 0 bridgehead atoms. The molecule has 2 N–H and O–H groups in total. The van der Waals surface area contributed by atoms with Crippen LogP contribution in [0, 0.1) is 12.8 Å². The number of likely N-dealkylation sites (tertiary alicyclic amines) is 1. The van der Waals surface area contributed by atoms with E-state index in [9.17, 15) is 14.4 Å². The van der Waals surface area contributed by atoms with E-state index in [1.807, 2.05) is 13.0 Å². The molecule has 7 nitrogen and oxygen atoms in total. The molecule has 1 aromatic heterocycles. The van der Waals surface area contributed by atoms with Gasteiger partial charge in [-0.3, -0.25) is 14.4 Å². The van der Waals surface area contributed by atoms with E-state index in [0.29, 0.717) is 36.6 Å². The van der Waals surface area contributed by atoms with Gasteiger partial charge in [-0.05, 0) is 49.6 Å². The molecular weight excluding hydrogens is 368 g/mol. The minimum absolute atomic E-state index is 0.103. The van der Waals surface area contributed by atoms with Crippen molar-refractivity contribution in [1.29, 1.82) is 0 Å². The second-order valence-electron chi connectivity index (χ2n) is 7.28. The van der Waals surface area contributed by atoms with E-state index in [0.717, 1.165) is 18.4 Å². The zero-order valence-corrected chi connectivity index (χ0v) is 16.8. The van der Waals surface area contributed by atoms with Crippen molar-refractivity contribution in [1.82, 2.24) is 9.88 Å². The van der Waals surface area contributed by atoms with Crippen LogP contribution in [0.4, 0.5) is 11.5 Å². The summed E-state index contributed by atoms with van der Waals surface area (Å²) in [5.74, 6) is -0.123. The van der Waals surface area contributed by atoms with Crippen LogP contribution in [0.1, 0.15) is 42.1 Å². The number of nitrogens with zero attached hydrogens (tertiary/aromatic N) is 2. The van der Waals surface area contributed by atoms with Gasteiger partial charge in [0.25, 0.3) is 5.91 Å². The number of anilines is 2. The Morgan fingerprint density at radius 3 is 2.72 bits per heavy atom. The zero-order valence-electron chi connectivity index (χ0n) is 16.8. The Bertz CT molecular complexity index is 895. The van der Waals surface area contributed by atoms with Crippen molar-refractivity contribution in [3.8, 4) is 0 Å². The lowest BCUT2D eigenvalue weighted by Gasteiger charge is -2.32. The van der Waals surface area contributed by atoms with Crippen molar-refractivity contribution in [2.45, 2.75) is 33.1 Å². The molecular formula is C22H26N4O3. The first-order valence-electron chi connectivity index (χ1n) is 9.89. The van der Waals surface area contributed by atoms with Crippen LogP contribution in [-0.4, -0.2) is 40.7 Å². The van der Waals surface area contributed by atoms with Crippen LogP contribution in [0.15, 0.2) is 42.6 Å². The maximum absolute atomic E-state index is 12.9. The Labute approximate surface area is 170 Å². The molecule has 1 fully saturated rings. The first-order valence-corrected chi connectivity index (χ1v) is 9.89. The maximum Gasteiger partial charge on any atom is 0.253 e. The number of rotatable bonds is 5. The molecule has 29 heavy (non-hydrogen) atoms. The van der Waals surface area contributed by atoms with Crippen molar-refractivity contribution < 1.29 is 14.4 Å². The van der Waals surface area contributed by atoms with Crippen molar-refractivity contribution >= 4 is 29.2 Å². The molecule has 0 radical (unpaired) electrons. The number of aryl methyl sites for hydroxylation is 1. The number of aromatic nitrogens is 1. The summed E-state index contributed by atoms with van der Waals surface area (Å²) in [7, 11) is 0. The van der Waals surface area contributed by atoms with Crippen LogP contribution >= 0.6 is 0 Å². The van der Waals surface area contributed by atoms with Gasteiger partial charge < -0.3 is 15.5 Å². The number of nitrogens with one attached hydrogen (secondary N) is 2. The van der Waals surface area contributed by atoms with Gasteiger partial charge in [0.2, 0.25) is 11.8 Å². The average Bonchev–Trinajstić information content (AvgIpc) is 2.75. The van der Waals surface area contributed by atoms with Gasteiger partial charge in [0, 0.05) is 37.0 Å². The number of amides is 3. The summed E-state index contributed by atoms with van der Waals surface area (Å²) < 4.78 is 0. The second kappa shape index (κ2) is 9.32. The highest BCUT2D eigenvalue weighted by Crippen LogP contribution is 2.21. The minimum Gasteiger partial charge on any atom is -0.338 e. The quantitative estimate of drug-likeness (QED) is 0.814. The zero-order chi connectivity index (χ0) is 20.8. The van der Waals surface area contributed by atoms with Crippen molar-refractivity contribution in [2.24, 2.45) is 5.92 Å². The van der Waals surface area contributed by atoms with Crippen LogP contribution in [0.3, 0.4) is 0 Å². The molecule has 1 unspecified atom stereocenters. The van der Waals surface area contributed by atoms with Gasteiger partial charge in [-0.2, -0.15) is 0 Å². The van der Waals surface area contributed by atoms with Crippen molar-refractivity contribution in [3.05, 3.63) is 53.7 Å². The average molecular weight is 394 g/mol. The van der Waals surface area contributed by atoms with E-state index in [1.54, 1.807) is 48.4 Å². The summed E-state index contributed by atoms with van der Waals surface area (Å²) in [6.45, 7) is 4.68. The SMILES string of the molecule is CCC(=O)Nc1cccc(C(=O)N2CCCC(C(=O)Nc3ccc(C)cn3)C2)c1. The molecule has 1 saturated heterocycles. The molecule has 0 aliphatic carbocycles. The fraction of sp³-hybridized carbons (Fsp3) is 0.364. The van der Waals surface area contributed by atoms with E-state index < -0.39 is 0 Å². The lowest BCUT2D eigenvalue weighted by atomic mass is 9.96. The number of pyridine rings is 1. The third-order valence-electron chi connectivity index (χ3n) is 4.96. The van der Waals surface area contributed by atoms with E-state index in [1.165, 1.54) is 0 Å². The summed E-state index contributed by atoms with van der Waals surface area (Å²) in [6, 6.07) is 10.6. The van der Waals surface area contributed by atoms with E-state index >= 15 is 0 Å². The van der Waals surface area contributed by atoms with E-state index in [4.69, 9.17) is 0 Å². The summed E-state index contributed by atoms with van der Waals surface area (Å²) >= 11 is 0. The maximum atomic E-state index is 12.9. The molecule has 7 heteroatoms. The normalized spacial score (nSPS) is 16.2. The van der Waals surface area contributed by atoms with Crippen LogP contribution in [0.2, 0.25) is 0 Å². The summed E-state index contributed by atoms with van der Waals surface area (Å²) in [4.78, 5) is 43.1. The lowest BCUT2D eigenvalue weighted by Crippen LogP contribution is -2.43. The highest BCUT2D eigenvalue weighted by molar-refractivity contribution is 5.98. The van der Waals surface area contributed by atoms with Gasteiger partial charge >= 0.3 is 0 Å². The van der Waals surface area contributed by atoms with Gasteiger partial charge in [-0.1, -0.05) is 19.1 Å². The molecule has 1 aliphatic heterocycles. The topological polar surface area (TPSA) is 91.4 Å². The number of hydrogen-bond acceptors (Lipinski definition) is 4. The molecule has 152 valence electrons. The Hall–Kier alpha value is -3.22. The first-order chi connectivity index (χ1) is 14.0. The molecule has 2 heterocycles. The molecule has 1 aliphatic rings. The Kier molecular flexibility index (Phi) is 6.59. The second-order valence-corrected chi connectivity index (χ2v) is 7.28. The van der Waals surface area contributed by atoms with Crippen LogP contribution in [0.5, 0.6) is 0 Å². The van der Waals surface area contributed by atoms with Crippen LogP contribution < -0.4 is 10.6 Å². The molecule has 3 amide bonds. The highest BCUT2D eigenvalue weighted by atomic mass is 16.2. The van der Waals surface area contributed by atoms with Crippen LogP contribution in [0.25, 0.3) is 0 Å². The number of hydrogen-bond donors (Lipinski definition) is 2. The molecule has 1 aromatic carbocycles. The van der Waals surface area contributed by atoms with Gasteiger partial charge in [0.05, 0.1) is 5.92 Å². The Morgan fingerprint density at radius 1 is 1.17 bits per heavy atom. The summed E-state index contributed by atoms with van der Waals surface area (Å²) in [5, 5.41) is 5.61. The number of carbonyl (C=O) groups is 3. The fourth-order valence-electron chi connectivity index (χ4n) is 3.31. The number of piperidine rings is 1. The number of carbonyl (C=O) groups excluding carboxylic acids is 3. The van der Waals surface area contributed by atoms with Gasteiger partial charge in [0.1, 0.15) is 5.82 Å². The van der Waals surface area contributed by atoms with Crippen LogP contribution in [-0.2, 0) is 9.59 Å². The Morgan fingerprint density at radius 2 is 2.00 bits per heavy atom. The largest absolute Gasteiger partial charge is 0.338 e. The van der Waals surface area contributed by atoms with Gasteiger partial charge in [0.15, 0.2) is 0 Å². The number of benzene rings is 1. The molecule has 3 rings (SSSR count). The van der Waals surface area contributed by atoms with Crippen molar-refractivity contribution in [3.63, 3.8) is 0 Å². The molecule has 0 saturated carbocycles. The third-order valence-corrected chi connectivity index (χ3v) is 4.96. The fourth-order valence-corrected chi connectivity index (χ4v) is 3.31. The van der Waals surface area contributed by atoms with E-state index in [2.05, 4.69) is 15.6 Å².